The van der Waals surface area contributed by atoms with Gasteiger partial charge >= 0.3 is 6.18 Å². The average Bonchev–Trinajstić information content (AvgIpc) is 3.37. The summed E-state index contributed by atoms with van der Waals surface area (Å²) in [5, 5.41) is 23.1. The molecule has 2 aromatic carbocycles. The van der Waals surface area contributed by atoms with Gasteiger partial charge in [0.25, 0.3) is 0 Å². The topological polar surface area (TPSA) is 87.8 Å². The van der Waals surface area contributed by atoms with E-state index >= 15 is 0 Å². The Bertz CT molecular complexity index is 1160. The Morgan fingerprint density at radius 3 is 2.35 bits per heavy atom. The van der Waals surface area contributed by atoms with E-state index in [0.29, 0.717) is 22.9 Å². The number of furan rings is 1. The Hall–Kier alpha value is -3.57. The van der Waals surface area contributed by atoms with Crippen LogP contribution in [0.4, 0.5) is 26.3 Å². The third-order valence-electron chi connectivity index (χ3n) is 4.27. The summed E-state index contributed by atoms with van der Waals surface area (Å²) >= 11 is 0. The van der Waals surface area contributed by atoms with Crippen LogP contribution in [-0.2, 0) is 19.0 Å². The van der Waals surface area contributed by atoms with Crippen molar-refractivity contribution < 1.29 is 35.9 Å². The summed E-state index contributed by atoms with van der Waals surface area (Å²) in [6, 6.07) is 7.85. The molecule has 0 bridgehead atoms. The summed E-state index contributed by atoms with van der Waals surface area (Å²) in [5.41, 5.74) is -0.0869. The van der Waals surface area contributed by atoms with Gasteiger partial charge in [-0.25, -0.2) is 13.2 Å². The van der Waals surface area contributed by atoms with E-state index in [4.69, 9.17) is 4.42 Å². The van der Waals surface area contributed by atoms with Crippen LogP contribution in [0.1, 0.15) is 16.7 Å². The number of tetrazole rings is 1. The fourth-order valence-corrected chi connectivity index (χ4v) is 2.94. The molecule has 0 radical (unpaired) electrons. The number of nitrogens with one attached hydrogen (secondary N) is 1. The van der Waals surface area contributed by atoms with Crippen molar-refractivity contribution in [3.8, 4) is 17.3 Å². The van der Waals surface area contributed by atoms with Gasteiger partial charge < -0.3 is 9.52 Å². The van der Waals surface area contributed by atoms with Crippen molar-refractivity contribution >= 4 is 11.0 Å². The lowest BCUT2D eigenvalue weighted by molar-refractivity contribution is -0.138. The number of aromatic amines is 1. The Labute approximate surface area is 170 Å². The molecule has 0 fully saturated rings. The minimum atomic E-state index is -4.65. The number of fused-ring (bicyclic) bond motifs is 1. The normalized spacial score (nSPS) is 11.4. The summed E-state index contributed by atoms with van der Waals surface area (Å²) in [6.45, 7) is -1.75. The van der Waals surface area contributed by atoms with Crippen molar-refractivity contribution in [2.24, 2.45) is 0 Å². The molecule has 2 heterocycles. The standard InChI is InChI=1S/C18H12F4N4O2.CH2F2/c19-13-7-10(2-1-9-3-4-14(27)12(6-9)18(20,21)22)5-11-8-15(28-16(11)13)17-23-25-26-24-17;2-1-3/h3-8,27H,1-2H2,(H,23,24,25,26);1H2. The van der Waals surface area contributed by atoms with E-state index < -0.39 is 30.2 Å². The number of hydrogen-bond acceptors (Lipinski definition) is 5. The Balaban J connectivity index is 0.000000858. The lowest BCUT2D eigenvalue weighted by Crippen LogP contribution is -2.06. The number of aryl methyl sites for hydroxylation is 2. The first-order chi connectivity index (χ1) is 14.7. The maximum Gasteiger partial charge on any atom is 0.419 e. The van der Waals surface area contributed by atoms with Crippen LogP contribution in [0.15, 0.2) is 40.8 Å². The van der Waals surface area contributed by atoms with Crippen LogP contribution in [0.25, 0.3) is 22.6 Å². The molecule has 0 amide bonds. The largest absolute Gasteiger partial charge is 0.507 e. The van der Waals surface area contributed by atoms with Gasteiger partial charge in [-0.15, -0.1) is 10.2 Å². The predicted molar refractivity (Wildman–Crippen MR) is 96.9 cm³/mol. The van der Waals surface area contributed by atoms with Crippen molar-refractivity contribution in [1.29, 1.82) is 0 Å². The zero-order valence-electron chi connectivity index (χ0n) is 15.6. The van der Waals surface area contributed by atoms with Crippen molar-refractivity contribution in [2.75, 3.05) is 6.93 Å². The molecule has 0 atom stereocenters. The fourth-order valence-electron chi connectivity index (χ4n) is 2.94. The molecule has 0 spiro atoms. The van der Waals surface area contributed by atoms with Gasteiger partial charge in [0, 0.05) is 5.39 Å². The fraction of sp³-hybridized carbons (Fsp3) is 0.211. The van der Waals surface area contributed by atoms with Crippen LogP contribution in [0, 0.1) is 5.82 Å². The molecule has 0 saturated heterocycles. The van der Waals surface area contributed by atoms with Crippen molar-refractivity contribution in [1.82, 2.24) is 20.6 Å². The first-order valence-corrected chi connectivity index (χ1v) is 8.69. The highest BCUT2D eigenvalue weighted by Crippen LogP contribution is 2.36. The summed E-state index contributed by atoms with van der Waals surface area (Å²) in [4.78, 5) is 0. The molecule has 6 nitrogen and oxygen atoms in total. The van der Waals surface area contributed by atoms with Crippen LogP contribution in [0.2, 0.25) is 0 Å². The minimum absolute atomic E-state index is 0.0348. The highest BCUT2D eigenvalue weighted by atomic mass is 19.4. The van der Waals surface area contributed by atoms with Crippen LogP contribution in [0.3, 0.4) is 0 Å². The number of rotatable bonds is 4. The number of nitrogens with zero attached hydrogens (tertiary/aromatic N) is 3. The Morgan fingerprint density at radius 1 is 1.00 bits per heavy atom. The highest BCUT2D eigenvalue weighted by molar-refractivity contribution is 5.82. The van der Waals surface area contributed by atoms with E-state index in [1.165, 1.54) is 12.1 Å². The zero-order chi connectivity index (χ0) is 22.6. The Morgan fingerprint density at radius 2 is 1.71 bits per heavy atom. The molecule has 0 saturated carbocycles. The molecule has 0 aliphatic rings. The van der Waals surface area contributed by atoms with Crippen molar-refractivity contribution in [3.05, 3.63) is 58.9 Å². The molecule has 12 heteroatoms. The number of hydrogen-bond donors (Lipinski definition) is 2. The van der Waals surface area contributed by atoms with E-state index in [2.05, 4.69) is 20.6 Å². The zero-order valence-corrected chi connectivity index (χ0v) is 15.6. The second-order valence-corrected chi connectivity index (χ2v) is 6.29. The van der Waals surface area contributed by atoms with E-state index in [-0.39, 0.29) is 23.6 Å². The molecule has 164 valence electrons. The van der Waals surface area contributed by atoms with E-state index in [0.717, 1.165) is 12.1 Å². The third kappa shape index (κ3) is 5.13. The molecular formula is C19H14F6N4O2. The molecule has 4 rings (SSSR count). The van der Waals surface area contributed by atoms with Gasteiger partial charge in [-0.3, -0.25) is 0 Å². The van der Waals surface area contributed by atoms with Gasteiger partial charge in [-0.2, -0.15) is 18.4 Å². The lowest BCUT2D eigenvalue weighted by atomic mass is 10.0. The molecular weight excluding hydrogens is 430 g/mol. The number of phenols is 1. The minimum Gasteiger partial charge on any atom is -0.507 e. The van der Waals surface area contributed by atoms with Gasteiger partial charge in [0.15, 0.2) is 17.2 Å². The molecule has 0 aliphatic carbocycles. The third-order valence-corrected chi connectivity index (χ3v) is 4.27. The van der Waals surface area contributed by atoms with Crippen LogP contribution in [-0.4, -0.2) is 32.7 Å². The van der Waals surface area contributed by atoms with Gasteiger partial charge in [-0.1, -0.05) is 6.07 Å². The van der Waals surface area contributed by atoms with E-state index in [9.17, 15) is 31.4 Å². The number of aromatic nitrogens is 4. The van der Waals surface area contributed by atoms with E-state index in [1.54, 1.807) is 12.1 Å². The maximum absolute atomic E-state index is 14.4. The van der Waals surface area contributed by atoms with Gasteiger partial charge in [0.05, 0.1) is 5.56 Å². The first kappa shape index (κ1) is 22.1. The maximum atomic E-state index is 14.4. The van der Waals surface area contributed by atoms with E-state index in [1.807, 2.05) is 0 Å². The summed E-state index contributed by atoms with van der Waals surface area (Å²) < 4.78 is 77.7. The summed E-state index contributed by atoms with van der Waals surface area (Å²) in [5.74, 6) is -0.992. The number of halogens is 6. The van der Waals surface area contributed by atoms with Gasteiger partial charge in [0.1, 0.15) is 5.75 Å². The first-order valence-electron chi connectivity index (χ1n) is 8.69. The second kappa shape index (κ2) is 9.06. The average molecular weight is 444 g/mol. The second-order valence-electron chi connectivity index (χ2n) is 6.29. The summed E-state index contributed by atoms with van der Waals surface area (Å²) in [7, 11) is 0. The van der Waals surface area contributed by atoms with Crippen LogP contribution < -0.4 is 0 Å². The van der Waals surface area contributed by atoms with Gasteiger partial charge in [0.2, 0.25) is 12.8 Å². The molecule has 31 heavy (non-hydrogen) atoms. The number of alkyl halides is 5. The molecule has 2 aromatic heterocycles. The number of benzene rings is 2. The Kier molecular flexibility index (Phi) is 6.47. The monoisotopic (exact) mass is 444 g/mol. The molecule has 0 unspecified atom stereocenters. The number of phenolic OH excluding ortho intramolecular Hbond substituents is 1. The predicted octanol–water partition coefficient (Wildman–Crippen LogP) is 5.14. The number of H-pyrrole nitrogens is 1. The van der Waals surface area contributed by atoms with Gasteiger partial charge in [-0.05, 0) is 59.5 Å². The van der Waals surface area contributed by atoms with Crippen molar-refractivity contribution in [3.63, 3.8) is 0 Å². The lowest BCUT2D eigenvalue weighted by Gasteiger charge is -2.11. The highest BCUT2D eigenvalue weighted by Gasteiger charge is 2.33. The molecule has 4 aromatic rings. The SMILES string of the molecule is FCF.Oc1ccc(CCc2cc(F)c3oc(-c4nn[nH]n4)cc3c2)cc1C(F)(F)F. The molecule has 0 aliphatic heterocycles. The van der Waals surface area contributed by atoms with Crippen molar-refractivity contribution in [2.45, 2.75) is 19.0 Å². The van der Waals surface area contributed by atoms with Crippen LogP contribution >= 0.6 is 0 Å². The quantitative estimate of drug-likeness (QED) is 0.426. The van der Waals surface area contributed by atoms with Crippen LogP contribution in [0.5, 0.6) is 5.75 Å². The summed E-state index contributed by atoms with van der Waals surface area (Å²) in [6.07, 6.45) is -4.10. The smallest absolute Gasteiger partial charge is 0.419 e. The molecule has 2 N–H and O–H groups in total. The number of aromatic hydroxyl groups is 1.